The van der Waals surface area contributed by atoms with Gasteiger partial charge in [0.15, 0.2) is 0 Å². The molecule has 0 aromatic heterocycles. The topological polar surface area (TPSA) is 173 Å². The second kappa shape index (κ2) is 10.6. The van der Waals surface area contributed by atoms with Crippen LogP contribution >= 0.6 is 0 Å². The summed E-state index contributed by atoms with van der Waals surface area (Å²) in [7, 11) is 0. The molecular formula is C25H26N4O8. The molecule has 3 unspecified atom stereocenters. The third kappa shape index (κ3) is 5.22. The summed E-state index contributed by atoms with van der Waals surface area (Å²) in [4.78, 5) is 74.6. The Morgan fingerprint density at radius 3 is 2.59 bits per heavy atom. The number of aldehydes is 1. The molecule has 4 N–H and O–H groups in total. The number of carboxylic acid groups (broad SMARTS) is 1. The number of aliphatic carboxylic acids is 1. The lowest BCUT2D eigenvalue weighted by Gasteiger charge is -2.43. The van der Waals surface area contributed by atoms with Gasteiger partial charge >= 0.3 is 5.97 Å². The van der Waals surface area contributed by atoms with Gasteiger partial charge in [0.05, 0.1) is 18.0 Å². The van der Waals surface area contributed by atoms with Gasteiger partial charge in [-0.15, -0.1) is 0 Å². The number of rotatable bonds is 7. The van der Waals surface area contributed by atoms with Crippen LogP contribution in [-0.2, 0) is 24.0 Å². The summed E-state index contributed by atoms with van der Waals surface area (Å²) in [5.74, 6) is -4.13. The van der Waals surface area contributed by atoms with Crippen molar-refractivity contribution in [2.75, 3.05) is 6.54 Å². The smallest absolute Gasteiger partial charge is 0.305 e. The molecule has 2 fully saturated rings. The van der Waals surface area contributed by atoms with Gasteiger partial charge in [-0.2, -0.15) is 0 Å². The highest BCUT2D eigenvalue weighted by Gasteiger charge is 2.45. The third-order valence-electron chi connectivity index (χ3n) is 6.50. The predicted molar refractivity (Wildman–Crippen MR) is 128 cm³/mol. The molecular weight excluding hydrogens is 484 g/mol. The average molecular weight is 511 g/mol. The molecule has 0 bridgehead atoms. The second-order valence-corrected chi connectivity index (χ2v) is 8.95. The van der Waals surface area contributed by atoms with Gasteiger partial charge in [-0.3, -0.25) is 29.0 Å². The van der Waals surface area contributed by atoms with Crippen LogP contribution in [0.3, 0.4) is 0 Å². The highest BCUT2D eigenvalue weighted by Crippen LogP contribution is 2.29. The minimum Gasteiger partial charge on any atom is -0.506 e. The number of aromatic hydroxyl groups is 1. The van der Waals surface area contributed by atoms with Crippen molar-refractivity contribution in [3.8, 4) is 5.75 Å². The molecule has 2 heterocycles. The Balaban J connectivity index is 1.57. The van der Waals surface area contributed by atoms with Gasteiger partial charge < -0.3 is 25.6 Å². The molecule has 2 saturated heterocycles. The van der Waals surface area contributed by atoms with E-state index in [1.54, 1.807) is 30.3 Å². The molecule has 37 heavy (non-hydrogen) atoms. The van der Waals surface area contributed by atoms with Crippen molar-refractivity contribution >= 4 is 46.7 Å². The van der Waals surface area contributed by atoms with E-state index >= 15 is 0 Å². The Hall–Kier alpha value is -4.48. The van der Waals surface area contributed by atoms with Crippen molar-refractivity contribution in [3.05, 3.63) is 42.0 Å². The number of phenols is 1. The first kappa shape index (κ1) is 25.6. The maximum Gasteiger partial charge on any atom is 0.305 e. The van der Waals surface area contributed by atoms with E-state index in [0.29, 0.717) is 18.1 Å². The molecule has 0 spiro atoms. The first-order valence-corrected chi connectivity index (χ1v) is 11.8. The normalized spacial score (nSPS) is 20.5. The van der Waals surface area contributed by atoms with Crippen LogP contribution in [0.1, 0.15) is 42.5 Å². The molecule has 2 aliphatic rings. The lowest BCUT2D eigenvalue weighted by molar-refractivity contribution is -0.176. The van der Waals surface area contributed by atoms with Crippen LogP contribution in [0.25, 0.3) is 10.8 Å². The number of hydrogen-bond donors (Lipinski definition) is 4. The lowest BCUT2D eigenvalue weighted by atomic mass is 10.0. The van der Waals surface area contributed by atoms with Crippen molar-refractivity contribution in [2.45, 2.75) is 50.2 Å². The second-order valence-electron chi connectivity index (χ2n) is 8.95. The molecule has 2 aliphatic heterocycles. The average Bonchev–Trinajstić information content (AvgIpc) is 3.00. The number of nitrogens with one attached hydrogen (secondary N) is 2. The number of nitrogens with zero attached hydrogens (tertiary/aromatic N) is 2. The molecule has 12 nitrogen and oxygen atoms in total. The monoisotopic (exact) mass is 510 g/mol. The zero-order chi connectivity index (χ0) is 26.7. The van der Waals surface area contributed by atoms with Crippen molar-refractivity contribution in [3.63, 3.8) is 0 Å². The predicted octanol–water partition coefficient (Wildman–Crippen LogP) is 0.331. The van der Waals surface area contributed by atoms with E-state index in [0.717, 1.165) is 10.4 Å². The molecule has 12 heteroatoms. The van der Waals surface area contributed by atoms with Crippen LogP contribution in [0, 0.1) is 0 Å². The maximum absolute atomic E-state index is 13.5. The Labute approximate surface area is 211 Å². The lowest BCUT2D eigenvalue weighted by Crippen LogP contribution is -2.64. The Morgan fingerprint density at radius 1 is 1.11 bits per heavy atom. The van der Waals surface area contributed by atoms with E-state index in [9.17, 15) is 33.9 Å². The van der Waals surface area contributed by atoms with E-state index < -0.39 is 54.1 Å². The number of hydrazine groups is 1. The fourth-order valence-electron chi connectivity index (χ4n) is 4.68. The van der Waals surface area contributed by atoms with Crippen molar-refractivity contribution in [2.24, 2.45) is 0 Å². The molecule has 0 radical (unpaired) electrons. The number of benzene rings is 2. The van der Waals surface area contributed by atoms with Gasteiger partial charge in [0.1, 0.15) is 24.1 Å². The number of hydrogen-bond acceptors (Lipinski definition) is 7. The molecule has 0 saturated carbocycles. The Kier molecular flexibility index (Phi) is 7.37. The van der Waals surface area contributed by atoms with Gasteiger partial charge in [-0.25, -0.2) is 5.01 Å². The summed E-state index contributed by atoms with van der Waals surface area (Å²) in [6, 6.07) is 6.39. The van der Waals surface area contributed by atoms with Gasteiger partial charge in [0, 0.05) is 18.4 Å². The highest BCUT2D eigenvalue weighted by molar-refractivity contribution is 6.05. The van der Waals surface area contributed by atoms with Gasteiger partial charge in [0.2, 0.25) is 11.8 Å². The largest absolute Gasteiger partial charge is 0.506 e. The first-order valence-electron chi connectivity index (χ1n) is 11.8. The van der Waals surface area contributed by atoms with Crippen molar-refractivity contribution in [1.82, 2.24) is 20.7 Å². The molecule has 2 aromatic rings. The number of carbonyl (C=O) groups excluding carboxylic acids is 5. The van der Waals surface area contributed by atoms with E-state index in [4.69, 9.17) is 5.11 Å². The molecule has 3 atom stereocenters. The van der Waals surface area contributed by atoms with Crippen LogP contribution in [-0.4, -0.2) is 80.8 Å². The van der Waals surface area contributed by atoms with Gasteiger partial charge in [-0.1, -0.05) is 30.3 Å². The standard InChI is InChI=1S/C25H26N4O8/c30-13-15(12-21(32)33)26-24(36)19-6-3-11-28-20(31)10-9-18(25(37)29(19)28)27-23(35)17-8-7-14-4-1-2-5-16(14)22(17)34/h1-2,4-5,7-8,13,15,18-19,34H,3,6,9-12H2,(H,26,36)(H,27,35)(H,32,33). The maximum atomic E-state index is 13.5. The number of amides is 4. The molecule has 0 aliphatic carbocycles. The Morgan fingerprint density at radius 2 is 1.86 bits per heavy atom. The van der Waals surface area contributed by atoms with E-state index in [1.807, 2.05) is 0 Å². The van der Waals surface area contributed by atoms with Crippen LogP contribution < -0.4 is 10.6 Å². The van der Waals surface area contributed by atoms with Crippen LogP contribution in [0.4, 0.5) is 0 Å². The molecule has 4 amide bonds. The number of fused-ring (bicyclic) bond motifs is 2. The minimum atomic E-state index is -1.30. The fourth-order valence-corrected chi connectivity index (χ4v) is 4.68. The molecule has 2 aromatic carbocycles. The third-order valence-corrected chi connectivity index (χ3v) is 6.50. The van der Waals surface area contributed by atoms with E-state index in [1.165, 1.54) is 11.1 Å². The van der Waals surface area contributed by atoms with Gasteiger partial charge in [0.25, 0.3) is 11.8 Å². The van der Waals surface area contributed by atoms with Crippen molar-refractivity contribution < 1.29 is 39.0 Å². The summed E-state index contributed by atoms with van der Waals surface area (Å²) in [5.41, 5.74) is -0.0469. The zero-order valence-electron chi connectivity index (χ0n) is 19.8. The summed E-state index contributed by atoms with van der Waals surface area (Å²) in [6.07, 6.45) is 0.149. The quantitative estimate of drug-likeness (QED) is 0.386. The zero-order valence-corrected chi connectivity index (χ0v) is 19.8. The van der Waals surface area contributed by atoms with E-state index in [-0.39, 0.29) is 37.1 Å². The fraction of sp³-hybridized carbons (Fsp3) is 0.360. The molecule has 194 valence electrons. The summed E-state index contributed by atoms with van der Waals surface area (Å²) in [5, 5.41) is 27.9. The number of carbonyl (C=O) groups is 6. The van der Waals surface area contributed by atoms with Crippen LogP contribution in [0.2, 0.25) is 0 Å². The molecule has 4 rings (SSSR count). The SMILES string of the molecule is O=CC(CC(=O)O)NC(=O)C1CCCN2C(=O)CCC(NC(=O)c3ccc4ccccc4c3O)C(=O)N12. The Bertz CT molecular complexity index is 1280. The minimum absolute atomic E-state index is 0.0188. The summed E-state index contributed by atoms with van der Waals surface area (Å²) < 4.78 is 0. The number of phenolic OH excluding ortho intramolecular Hbond substituents is 1. The van der Waals surface area contributed by atoms with E-state index in [2.05, 4.69) is 10.6 Å². The van der Waals surface area contributed by atoms with Crippen LogP contribution in [0.5, 0.6) is 5.75 Å². The van der Waals surface area contributed by atoms with Crippen molar-refractivity contribution in [1.29, 1.82) is 0 Å². The highest BCUT2D eigenvalue weighted by atomic mass is 16.4. The number of carboxylic acids is 1. The summed E-state index contributed by atoms with van der Waals surface area (Å²) in [6.45, 7) is 0.187. The van der Waals surface area contributed by atoms with Crippen LogP contribution in [0.15, 0.2) is 36.4 Å². The van der Waals surface area contributed by atoms with Gasteiger partial charge in [-0.05, 0) is 30.7 Å². The summed E-state index contributed by atoms with van der Waals surface area (Å²) >= 11 is 0. The first-order chi connectivity index (χ1) is 17.7.